The molecule has 0 saturated carbocycles. The number of aryl methyl sites for hydroxylation is 2. The normalized spacial score (nSPS) is 14.1. The molecule has 2 aromatic rings. The third-order valence-corrected chi connectivity index (χ3v) is 4.39. The van der Waals surface area contributed by atoms with E-state index in [4.69, 9.17) is 5.73 Å². The van der Waals surface area contributed by atoms with Gasteiger partial charge < -0.3 is 10.3 Å². The molecule has 0 spiro atoms. The first-order valence-electron chi connectivity index (χ1n) is 6.78. The van der Waals surface area contributed by atoms with Crippen LogP contribution < -0.4 is 11.1 Å². The van der Waals surface area contributed by atoms with Gasteiger partial charge in [0.05, 0.1) is 12.0 Å². The van der Waals surface area contributed by atoms with E-state index in [0.717, 1.165) is 18.5 Å². The summed E-state index contributed by atoms with van der Waals surface area (Å²) >= 11 is 1.58. The Morgan fingerprint density at radius 1 is 1.45 bits per heavy atom. The summed E-state index contributed by atoms with van der Waals surface area (Å²) < 4.78 is 1.81. The Kier molecular flexibility index (Phi) is 3.79. The smallest absolute Gasteiger partial charge is 0.277 e. The van der Waals surface area contributed by atoms with E-state index in [2.05, 4.69) is 15.3 Å². The fourth-order valence-electron chi connectivity index (χ4n) is 2.32. The van der Waals surface area contributed by atoms with Crippen molar-refractivity contribution in [2.75, 3.05) is 11.9 Å². The lowest BCUT2D eigenvalue weighted by Gasteiger charge is -2.06. The predicted octanol–water partition coefficient (Wildman–Crippen LogP) is 1.43. The van der Waals surface area contributed by atoms with Crippen molar-refractivity contribution in [1.29, 1.82) is 0 Å². The zero-order chi connectivity index (χ0) is 13.9. The highest BCUT2D eigenvalue weighted by molar-refractivity contribution is 7.15. The Morgan fingerprint density at radius 3 is 3.10 bits per heavy atom. The fourth-order valence-corrected chi connectivity index (χ4v) is 3.36. The Balaban J connectivity index is 1.70. The van der Waals surface area contributed by atoms with Crippen LogP contribution in [0.1, 0.15) is 33.9 Å². The second-order valence-electron chi connectivity index (χ2n) is 4.84. The van der Waals surface area contributed by atoms with Gasteiger partial charge in [0.15, 0.2) is 5.13 Å². The molecule has 1 aliphatic carbocycles. The molecule has 7 heteroatoms. The number of nitrogens with two attached hydrogens (primary N) is 1. The molecule has 20 heavy (non-hydrogen) atoms. The number of aromatic nitrogens is 3. The van der Waals surface area contributed by atoms with E-state index in [9.17, 15) is 4.79 Å². The maximum absolute atomic E-state index is 12.1. The highest BCUT2D eigenvalue weighted by atomic mass is 32.1. The number of carbonyl (C=O) groups excluding carboxylic acids is 1. The number of rotatable bonds is 4. The number of fused-ring (bicyclic) bond motifs is 1. The number of imidazole rings is 1. The molecule has 0 unspecified atom stereocenters. The molecule has 2 aromatic heterocycles. The molecule has 3 rings (SSSR count). The highest BCUT2D eigenvalue weighted by Gasteiger charge is 2.17. The number of nitrogens with zero attached hydrogens (tertiary/aromatic N) is 3. The van der Waals surface area contributed by atoms with Crippen LogP contribution in [-0.2, 0) is 19.4 Å². The number of thiazole rings is 1. The van der Waals surface area contributed by atoms with Gasteiger partial charge in [-0.25, -0.2) is 9.97 Å². The number of carbonyl (C=O) groups is 1. The molecule has 0 aliphatic heterocycles. The Hall–Kier alpha value is -1.73. The molecular formula is C13H17N5OS. The van der Waals surface area contributed by atoms with E-state index < -0.39 is 0 Å². The number of amides is 1. The van der Waals surface area contributed by atoms with Crippen molar-refractivity contribution in [3.8, 4) is 0 Å². The zero-order valence-corrected chi connectivity index (χ0v) is 11.9. The van der Waals surface area contributed by atoms with Crippen LogP contribution in [0.15, 0.2) is 12.5 Å². The number of hydrogen-bond donors (Lipinski definition) is 2. The molecular weight excluding hydrogens is 274 g/mol. The van der Waals surface area contributed by atoms with Gasteiger partial charge in [0, 0.05) is 24.2 Å². The largest absolute Gasteiger partial charge is 0.335 e. The van der Waals surface area contributed by atoms with Crippen LogP contribution in [0.5, 0.6) is 0 Å². The van der Waals surface area contributed by atoms with Gasteiger partial charge in [-0.2, -0.15) is 0 Å². The Labute approximate surface area is 121 Å². The standard InChI is InChI=1S/C13H17N5OS/c14-5-6-18-7-10(15-8-18)12(19)17-13-16-9-3-1-2-4-11(9)20-13/h7-8H,1-6,14H2,(H,16,17,19). The Bertz CT molecular complexity index is 595. The lowest BCUT2D eigenvalue weighted by Crippen LogP contribution is -2.12. The molecule has 0 aromatic carbocycles. The quantitative estimate of drug-likeness (QED) is 0.892. The van der Waals surface area contributed by atoms with Gasteiger partial charge in [0.2, 0.25) is 0 Å². The van der Waals surface area contributed by atoms with Crippen LogP contribution in [0.25, 0.3) is 0 Å². The summed E-state index contributed by atoms with van der Waals surface area (Å²) in [7, 11) is 0. The summed E-state index contributed by atoms with van der Waals surface area (Å²) in [6.07, 6.45) is 7.82. The molecule has 0 saturated heterocycles. The van der Waals surface area contributed by atoms with E-state index in [0.29, 0.717) is 23.9 Å². The van der Waals surface area contributed by atoms with Crippen molar-refractivity contribution in [1.82, 2.24) is 14.5 Å². The summed E-state index contributed by atoms with van der Waals surface area (Å²) in [5.74, 6) is -0.216. The minimum Gasteiger partial charge on any atom is -0.335 e. The van der Waals surface area contributed by atoms with E-state index in [1.165, 1.54) is 17.7 Å². The van der Waals surface area contributed by atoms with Crippen LogP contribution in [0, 0.1) is 0 Å². The van der Waals surface area contributed by atoms with E-state index in [-0.39, 0.29) is 5.91 Å². The molecule has 106 valence electrons. The van der Waals surface area contributed by atoms with Crippen molar-refractivity contribution < 1.29 is 4.79 Å². The first kappa shape index (κ1) is 13.3. The minimum atomic E-state index is -0.216. The SMILES string of the molecule is NCCn1cnc(C(=O)Nc2nc3c(s2)CCCC3)c1. The molecule has 0 atom stereocenters. The van der Waals surface area contributed by atoms with Gasteiger partial charge in [-0.1, -0.05) is 0 Å². The molecule has 1 aliphatic rings. The van der Waals surface area contributed by atoms with E-state index in [1.54, 1.807) is 23.9 Å². The molecule has 0 radical (unpaired) electrons. The van der Waals surface area contributed by atoms with Crippen LogP contribution in [-0.4, -0.2) is 27.0 Å². The lowest BCUT2D eigenvalue weighted by atomic mass is 10.0. The van der Waals surface area contributed by atoms with Gasteiger partial charge in [0.25, 0.3) is 5.91 Å². The summed E-state index contributed by atoms with van der Waals surface area (Å²) in [4.78, 5) is 22.0. The first-order valence-corrected chi connectivity index (χ1v) is 7.59. The predicted molar refractivity (Wildman–Crippen MR) is 78.0 cm³/mol. The van der Waals surface area contributed by atoms with E-state index in [1.807, 2.05) is 4.57 Å². The van der Waals surface area contributed by atoms with Gasteiger partial charge in [-0.05, 0) is 25.7 Å². The average molecular weight is 291 g/mol. The molecule has 1 amide bonds. The van der Waals surface area contributed by atoms with Gasteiger partial charge in [-0.3, -0.25) is 10.1 Å². The van der Waals surface area contributed by atoms with E-state index >= 15 is 0 Å². The van der Waals surface area contributed by atoms with Crippen LogP contribution >= 0.6 is 11.3 Å². The average Bonchev–Trinajstić information content (AvgIpc) is 3.04. The maximum Gasteiger partial charge on any atom is 0.277 e. The number of nitrogens with one attached hydrogen (secondary N) is 1. The van der Waals surface area contributed by atoms with Gasteiger partial charge in [0.1, 0.15) is 5.69 Å². The van der Waals surface area contributed by atoms with Gasteiger partial charge in [-0.15, -0.1) is 11.3 Å². The topological polar surface area (TPSA) is 85.8 Å². The first-order chi connectivity index (χ1) is 9.76. The van der Waals surface area contributed by atoms with Crippen molar-refractivity contribution in [3.63, 3.8) is 0 Å². The summed E-state index contributed by atoms with van der Waals surface area (Å²) in [5.41, 5.74) is 7.01. The Morgan fingerprint density at radius 2 is 2.30 bits per heavy atom. The fraction of sp³-hybridized carbons (Fsp3) is 0.462. The highest BCUT2D eigenvalue weighted by Crippen LogP contribution is 2.29. The van der Waals surface area contributed by atoms with Gasteiger partial charge >= 0.3 is 0 Å². The van der Waals surface area contributed by atoms with Crippen LogP contribution in [0.3, 0.4) is 0 Å². The molecule has 2 heterocycles. The van der Waals surface area contributed by atoms with Crippen molar-refractivity contribution in [3.05, 3.63) is 28.8 Å². The molecule has 0 fully saturated rings. The third kappa shape index (κ3) is 2.73. The lowest BCUT2D eigenvalue weighted by molar-refractivity contribution is 0.102. The third-order valence-electron chi connectivity index (χ3n) is 3.32. The van der Waals surface area contributed by atoms with Crippen LogP contribution in [0.4, 0.5) is 5.13 Å². The second-order valence-corrected chi connectivity index (χ2v) is 5.92. The maximum atomic E-state index is 12.1. The molecule has 6 nitrogen and oxygen atoms in total. The minimum absolute atomic E-state index is 0.216. The second kappa shape index (κ2) is 5.72. The monoisotopic (exact) mass is 291 g/mol. The number of anilines is 1. The van der Waals surface area contributed by atoms with Crippen molar-refractivity contribution in [2.24, 2.45) is 5.73 Å². The molecule has 3 N–H and O–H groups in total. The summed E-state index contributed by atoms with van der Waals surface area (Å²) in [6.45, 7) is 1.18. The van der Waals surface area contributed by atoms with Crippen molar-refractivity contribution >= 4 is 22.4 Å². The summed E-state index contributed by atoms with van der Waals surface area (Å²) in [5, 5.41) is 3.51. The summed E-state index contributed by atoms with van der Waals surface area (Å²) in [6, 6.07) is 0. The molecule has 0 bridgehead atoms. The number of hydrogen-bond acceptors (Lipinski definition) is 5. The zero-order valence-electron chi connectivity index (χ0n) is 11.1. The van der Waals surface area contributed by atoms with Crippen LogP contribution in [0.2, 0.25) is 0 Å². The van der Waals surface area contributed by atoms with Crippen molar-refractivity contribution in [2.45, 2.75) is 32.2 Å².